The molecule has 0 saturated heterocycles. The molecule has 0 saturated carbocycles. The summed E-state index contributed by atoms with van der Waals surface area (Å²) in [6.45, 7) is 3.04. The molecule has 0 radical (unpaired) electrons. The molecule has 102 valence electrons. The Bertz CT molecular complexity index is 553. The van der Waals surface area contributed by atoms with Crippen molar-refractivity contribution in [3.63, 3.8) is 0 Å². The Hall–Kier alpha value is -0.720. The second-order valence-electron chi connectivity index (χ2n) is 4.19. The maximum atomic E-state index is 4.48. The molecule has 1 unspecified atom stereocenters. The van der Waals surface area contributed by atoms with Crippen LogP contribution in [0.2, 0.25) is 0 Å². The van der Waals surface area contributed by atoms with Crippen molar-refractivity contribution < 1.29 is 0 Å². The molecule has 0 aromatic carbocycles. The zero-order chi connectivity index (χ0) is 13.8. The van der Waals surface area contributed by atoms with Gasteiger partial charge in [0.15, 0.2) is 0 Å². The van der Waals surface area contributed by atoms with E-state index < -0.39 is 0 Å². The van der Waals surface area contributed by atoms with E-state index in [0.29, 0.717) is 0 Å². The summed E-state index contributed by atoms with van der Waals surface area (Å²) in [5.41, 5.74) is 2.06. The summed E-state index contributed by atoms with van der Waals surface area (Å²) in [6, 6.07) is 3.92. The first-order valence-corrected chi connectivity index (χ1v) is 7.76. The molecule has 0 aliphatic heterocycles. The van der Waals surface area contributed by atoms with Crippen LogP contribution in [-0.4, -0.2) is 21.8 Å². The van der Waals surface area contributed by atoms with Crippen molar-refractivity contribution in [3.8, 4) is 0 Å². The molecule has 0 spiro atoms. The van der Waals surface area contributed by atoms with Gasteiger partial charge in [0.1, 0.15) is 0 Å². The molecule has 0 aliphatic rings. The van der Waals surface area contributed by atoms with Crippen LogP contribution in [0.1, 0.15) is 30.8 Å². The molecule has 0 aliphatic carbocycles. The van der Waals surface area contributed by atoms with E-state index in [4.69, 9.17) is 0 Å². The van der Waals surface area contributed by atoms with Crippen LogP contribution in [0.5, 0.6) is 0 Å². The van der Waals surface area contributed by atoms with Crippen molar-refractivity contribution >= 4 is 31.9 Å². The third-order valence-electron chi connectivity index (χ3n) is 2.89. The Kier molecular flexibility index (Phi) is 5.13. The Morgan fingerprint density at radius 1 is 1.37 bits per heavy atom. The maximum Gasteiger partial charge on any atom is 0.0942 e. The van der Waals surface area contributed by atoms with E-state index in [9.17, 15) is 0 Å². The molecule has 0 bridgehead atoms. The van der Waals surface area contributed by atoms with Crippen molar-refractivity contribution in [2.24, 2.45) is 0 Å². The van der Waals surface area contributed by atoms with Gasteiger partial charge in [-0.3, -0.25) is 9.67 Å². The van der Waals surface area contributed by atoms with Crippen molar-refractivity contribution in [2.75, 3.05) is 7.05 Å². The average molecular weight is 388 g/mol. The van der Waals surface area contributed by atoms with E-state index in [1.807, 2.05) is 30.1 Å². The number of rotatable bonds is 5. The Balaban J connectivity index is 2.48. The fourth-order valence-electron chi connectivity index (χ4n) is 2.06. The summed E-state index contributed by atoms with van der Waals surface area (Å²) < 4.78 is 4.01. The molecule has 0 fully saturated rings. The van der Waals surface area contributed by atoms with E-state index in [0.717, 1.165) is 33.3 Å². The normalized spacial score (nSPS) is 12.6. The van der Waals surface area contributed by atoms with Gasteiger partial charge in [-0.05, 0) is 57.5 Å². The lowest BCUT2D eigenvalue weighted by atomic mass is 10.1. The molecule has 4 nitrogen and oxygen atoms in total. The highest BCUT2D eigenvalue weighted by Crippen LogP contribution is 2.31. The first kappa shape index (κ1) is 14.7. The summed E-state index contributed by atoms with van der Waals surface area (Å²) in [5.74, 6) is 0. The predicted octanol–water partition coefficient (Wildman–Crippen LogP) is 3.52. The smallest absolute Gasteiger partial charge is 0.0942 e. The SMILES string of the molecule is CCCn1ncc(Br)c1C(NC)c1ncccc1Br. The molecule has 0 amide bonds. The fourth-order valence-corrected chi connectivity index (χ4v) is 3.07. The summed E-state index contributed by atoms with van der Waals surface area (Å²) in [5, 5.41) is 7.73. The Labute approximate surface area is 129 Å². The number of hydrogen-bond acceptors (Lipinski definition) is 3. The summed E-state index contributed by atoms with van der Waals surface area (Å²) in [7, 11) is 1.93. The lowest BCUT2D eigenvalue weighted by Crippen LogP contribution is -2.23. The van der Waals surface area contributed by atoms with E-state index in [1.165, 1.54) is 0 Å². The van der Waals surface area contributed by atoms with Gasteiger partial charge in [0.05, 0.1) is 28.1 Å². The number of halogens is 2. The third kappa shape index (κ3) is 3.07. The molecule has 2 rings (SSSR count). The van der Waals surface area contributed by atoms with E-state index >= 15 is 0 Å². The molecular weight excluding hydrogens is 372 g/mol. The number of hydrogen-bond donors (Lipinski definition) is 1. The second kappa shape index (κ2) is 6.63. The molecule has 1 N–H and O–H groups in total. The van der Waals surface area contributed by atoms with Gasteiger partial charge in [0.2, 0.25) is 0 Å². The van der Waals surface area contributed by atoms with Gasteiger partial charge in [-0.1, -0.05) is 6.92 Å². The van der Waals surface area contributed by atoms with E-state index in [-0.39, 0.29) is 6.04 Å². The largest absolute Gasteiger partial charge is 0.307 e. The van der Waals surface area contributed by atoms with Gasteiger partial charge in [-0.2, -0.15) is 5.10 Å². The van der Waals surface area contributed by atoms with Crippen molar-refractivity contribution in [3.05, 3.63) is 44.9 Å². The van der Waals surface area contributed by atoms with Crippen LogP contribution in [0, 0.1) is 0 Å². The number of pyridine rings is 1. The molecular formula is C13H16Br2N4. The van der Waals surface area contributed by atoms with Crippen LogP contribution in [0.25, 0.3) is 0 Å². The third-order valence-corrected chi connectivity index (χ3v) is 4.17. The highest BCUT2D eigenvalue weighted by molar-refractivity contribution is 9.10. The molecule has 19 heavy (non-hydrogen) atoms. The zero-order valence-corrected chi connectivity index (χ0v) is 14.1. The summed E-state index contributed by atoms with van der Waals surface area (Å²) in [6.07, 6.45) is 4.69. The second-order valence-corrected chi connectivity index (χ2v) is 5.90. The van der Waals surface area contributed by atoms with Crippen LogP contribution in [-0.2, 0) is 6.54 Å². The van der Waals surface area contributed by atoms with Gasteiger partial charge in [0.25, 0.3) is 0 Å². The Morgan fingerprint density at radius 3 is 2.79 bits per heavy atom. The van der Waals surface area contributed by atoms with Gasteiger partial charge in [-0.25, -0.2) is 0 Å². The standard InChI is InChI=1S/C13H16Br2N4/c1-3-7-19-13(10(15)8-18-19)12(16-2)11-9(14)5-4-6-17-11/h4-6,8,12,16H,3,7H2,1-2H3. The van der Waals surface area contributed by atoms with Crippen molar-refractivity contribution in [1.29, 1.82) is 0 Å². The van der Waals surface area contributed by atoms with Crippen molar-refractivity contribution in [2.45, 2.75) is 25.9 Å². The molecule has 2 aromatic rings. The van der Waals surface area contributed by atoms with Crippen LogP contribution in [0.3, 0.4) is 0 Å². The minimum absolute atomic E-state index is 0.000926. The predicted molar refractivity (Wildman–Crippen MR) is 83.1 cm³/mol. The monoisotopic (exact) mass is 386 g/mol. The topological polar surface area (TPSA) is 42.7 Å². The molecule has 2 heterocycles. The van der Waals surface area contributed by atoms with Crippen LogP contribution in [0.4, 0.5) is 0 Å². The minimum Gasteiger partial charge on any atom is -0.307 e. The molecule has 2 aromatic heterocycles. The summed E-state index contributed by atoms with van der Waals surface area (Å²) >= 11 is 7.15. The Morgan fingerprint density at radius 2 is 2.16 bits per heavy atom. The van der Waals surface area contributed by atoms with Gasteiger partial charge < -0.3 is 5.32 Å². The van der Waals surface area contributed by atoms with Crippen LogP contribution < -0.4 is 5.32 Å². The molecule has 6 heteroatoms. The highest BCUT2D eigenvalue weighted by Gasteiger charge is 2.23. The van der Waals surface area contributed by atoms with Crippen molar-refractivity contribution in [1.82, 2.24) is 20.1 Å². The van der Waals surface area contributed by atoms with E-state index in [1.54, 1.807) is 6.20 Å². The number of aryl methyl sites for hydroxylation is 1. The highest BCUT2D eigenvalue weighted by atomic mass is 79.9. The molecule has 1 atom stereocenters. The average Bonchev–Trinajstić information content (AvgIpc) is 2.75. The lowest BCUT2D eigenvalue weighted by molar-refractivity contribution is 0.527. The minimum atomic E-state index is -0.000926. The lowest BCUT2D eigenvalue weighted by Gasteiger charge is -2.19. The van der Waals surface area contributed by atoms with E-state index in [2.05, 4.69) is 54.2 Å². The van der Waals surface area contributed by atoms with Crippen LogP contribution >= 0.6 is 31.9 Å². The first-order valence-electron chi connectivity index (χ1n) is 6.17. The van der Waals surface area contributed by atoms with Crippen LogP contribution in [0.15, 0.2) is 33.5 Å². The number of nitrogens with zero attached hydrogens (tertiary/aromatic N) is 3. The quantitative estimate of drug-likeness (QED) is 0.853. The maximum absolute atomic E-state index is 4.48. The fraction of sp³-hybridized carbons (Fsp3) is 0.385. The van der Waals surface area contributed by atoms with Gasteiger partial charge >= 0.3 is 0 Å². The van der Waals surface area contributed by atoms with Gasteiger partial charge in [-0.15, -0.1) is 0 Å². The number of aromatic nitrogens is 3. The number of nitrogens with one attached hydrogen (secondary N) is 1. The first-order chi connectivity index (χ1) is 9.19. The summed E-state index contributed by atoms with van der Waals surface area (Å²) in [4.78, 5) is 4.48. The zero-order valence-electron chi connectivity index (χ0n) is 10.9. The van der Waals surface area contributed by atoms with Gasteiger partial charge in [0, 0.05) is 17.2 Å².